The number of nitrogens with one attached hydrogen (secondary N) is 1. The molecule has 0 fully saturated rings. The number of hydrogen-bond donors (Lipinski definition) is 2. The number of para-hydroxylation sites is 1. The number of carbonyl (C=O) groups excluding carboxylic acids is 1. The Labute approximate surface area is 93.0 Å². The molecule has 0 heterocycles. The molecule has 0 saturated heterocycles. The van der Waals surface area contributed by atoms with Crippen molar-refractivity contribution >= 4 is 12.4 Å². The normalized spacial score (nSPS) is 13.6. The molecule has 0 aliphatic carbocycles. The van der Waals surface area contributed by atoms with Gasteiger partial charge in [0.15, 0.2) is 5.54 Å². The lowest BCUT2D eigenvalue weighted by molar-refractivity contribution is -0.146. The van der Waals surface area contributed by atoms with Crippen LogP contribution in [0.3, 0.4) is 0 Å². The van der Waals surface area contributed by atoms with Crippen molar-refractivity contribution in [3.63, 3.8) is 0 Å². The summed E-state index contributed by atoms with van der Waals surface area (Å²) in [4.78, 5) is 21.7. The zero-order valence-electron chi connectivity index (χ0n) is 9.06. The number of benzene rings is 1. The summed E-state index contributed by atoms with van der Waals surface area (Å²) in [6.45, 7) is 1.40. The quantitative estimate of drug-likeness (QED) is 0.722. The molecule has 1 amide bonds. The average molecular weight is 223 g/mol. The van der Waals surface area contributed by atoms with E-state index in [0.29, 0.717) is 17.7 Å². The first-order valence-corrected chi connectivity index (χ1v) is 4.64. The standard InChI is InChI=1S/C11H13NO4/c1-11(10(14)15,12-7-13)8-5-3-4-6-9(8)16-2/h3-7H,1-2H3,(H,12,13)(H,14,15). The van der Waals surface area contributed by atoms with Gasteiger partial charge in [0, 0.05) is 5.56 Å². The molecular weight excluding hydrogens is 210 g/mol. The fourth-order valence-corrected chi connectivity index (χ4v) is 1.43. The predicted octanol–water partition coefficient (Wildman–Crippen LogP) is 0.741. The molecule has 1 atom stereocenters. The Morgan fingerprint density at radius 2 is 2.12 bits per heavy atom. The van der Waals surface area contributed by atoms with Gasteiger partial charge < -0.3 is 15.2 Å². The number of amides is 1. The second-order valence-corrected chi connectivity index (χ2v) is 3.39. The molecule has 5 nitrogen and oxygen atoms in total. The van der Waals surface area contributed by atoms with Crippen molar-refractivity contribution in [2.24, 2.45) is 0 Å². The molecule has 1 aromatic carbocycles. The molecule has 1 aromatic rings. The van der Waals surface area contributed by atoms with E-state index in [1.54, 1.807) is 24.3 Å². The molecular formula is C11H13NO4. The van der Waals surface area contributed by atoms with E-state index < -0.39 is 11.5 Å². The van der Waals surface area contributed by atoms with Crippen molar-refractivity contribution in [3.05, 3.63) is 29.8 Å². The molecule has 0 saturated carbocycles. The molecule has 0 aliphatic heterocycles. The molecule has 16 heavy (non-hydrogen) atoms. The third kappa shape index (κ3) is 1.98. The molecule has 0 aromatic heterocycles. The Balaban J connectivity index is 3.30. The molecule has 1 unspecified atom stereocenters. The van der Waals surface area contributed by atoms with Crippen LogP contribution in [0.4, 0.5) is 0 Å². The van der Waals surface area contributed by atoms with Gasteiger partial charge in [-0.05, 0) is 13.0 Å². The Kier molecular flexibility index (Phi) is 3.50. The minimum absolute atomic E-state index is 0.362. The molecule has 5 heteroatoms. The summed E-state index contributed by atoms with van der Waals surface area (Å²) in [7, 11) is 1.45. The maximum absolute atomic E-state index is 11.2. The number of carboxylic acids is 1. The third-order valence-corrected chi connectivity index (χ3v) is 2.42. The molecule has 0 aliphatic rings. The van der Waals surface area contributed by atoms with E-state index in [1.165, 1.54) is 14.0 Å². The zero-order chi connectivity index (χ0) is 12.2. The van der Waals surface area contributed by atoms with Gasteiger partial charge in [-0.1, -0.05) is 18.2 Å². The number of rotatable bonds is 5. The van der Waals surface area contributed by atoms with Crippen molar-refractivity contribution in [1.82, 2.24) is 5.32 Å². The lowest BCUT2D eigenvalue weighted by Gasteiger charge is -2.26. The van der Waals surface area contributed by atoms with Gasteiger partial charge in [0.2, 0.25) is 6.41 Å². The number of carboxylic acid groups (broad SMARTS) is 1. The topological polar surface area (TPSA) is 75.6 Å². The van der Waals surface area contributed by atoms with Gasteiger partial charge in [-0.15, -0.1) is 0 Å². The first-order chi connectivity index (χ1) is 7.56. The average Bonchev–Trinajstić information content (AvgIpc) is 2.29. The van der Waals surface area contributed by atoms with Crippen LogP contribution in [0.1, 0.15) is 12.5 Å². The minimum Gasteiger partial charge on any atom is -0.496 e. The summed E-state index contributed by atoms with van der Waals surface area (Å²) in [6.07, 6.45) is 0.362. The SMILES string of the molecule is COc1ccccc1C(C)(NC=O)C(=O)O. The van der Waals surface area contributed by atoms with Gasteiger partial charge in [-0.2, -0.15) is 0 Å². The summed E-state index contributed by atoms with van der Waals surface area (Å²) in [6, 6.07) is 6.66. The highest BCUT2D eigenvalue weighted by atomic mass is 16.5. The van der Waals surface area contributed by atoms with Gasteiger partial charge in [-0.3, -0.25) is 4.79 Å². The number of ether oxygens (including phenoxy) is 1. The molecule has 86 valence electrons. The van der Waals surface area contributed by atoms with Gasteiger partial charge in [0.05, 0.1) is 7.11 Å². The summed E-state index contributed by atoms with van der Waals surface area (Å²) in [5, 5.41) is 11.4. The van der Waals surface area contributed by atoms with Crippen LogP contribution < -0.4 is 10.1 Å². The lowest BCUT2D eigenvalue weighted by Crippen LogP contribution is -2.46. The molecule has 0 bridgehead atoms. The largest absolute Gasteiger partial charge is 0.496 e. The fourth-order valence-electron chi connectivity index (χ4n) is 1.43. The zero-order valence-corrected chi connectivity index (χ0v) is 9.06. The molecule has 0 spiro atoms. The van der Waals surface area contributed by atoms with E-state index in [0.717, 1.165) is 0 Å². The van der Waals surface area contributed by atoms with Crippen LogP contribution in [0, 0.1) is 0 Å². The number of methoxy groups -OCH3 is 1. The summed E-state index contributed by atoms with van der Waals surface area (Å²) < 4.78 is 5.07. The van der Waals surface area contributed by atoms with Gasteiger partial charge in [0.25, 0.3) is 0 Å². The van der Waals surface area contributed by atoms with Crippen LogP contribution >= 0.6 is 0 Å². The van der Waals surface area contributed by atoms with Crippen LogP contribution in [0.5, 0.6) is 5.75 Å². The van der Waals surface area contributed by atoms with Crippen LogP contribution in [0.15, 0.2) is 24.3 Å². The van der Waals surface area contributed by atoms with E-state index in [9.17, 15) is 9.59 Å². The van der Waals surface area contributed by atoms with Crippen molar-refractivity contribution in [3.8, 4) is 5.75 Å². The molecule has 2 N–H and O–H groups in total. The van der Waals surface area contributed by atoms with Crippen molar-refractivity contribution in [2.45, 2.75) is 12.5 Å². The number of aliphatic carboxylic acids is 1. The number of carbonyl (C=O) groups is 2. The second-order valence-electron chi connectivity index (χ2n) is 3.39. The first-order valence-electron chi connectivity index (χ1n) is 4.64. The third-order valence-electron chi connectivity index (χ3n) is 2.42. The second kappa shape index (κ2) is 4.65. The van der Waals surface area contributed by atoms with Crippen LogP contribution in [-0.4, -0.2) is 24.6 Å². The highest BCUT2D eigenvalue weighted by Gasteiger charge is 2.37. The van der Waals surface area contributed by atoms with E-state index in [-0.39, 0.29) is 0 Å². The minimum atomic E-state index is -1.49. The Morgan fingerprint density at radius 1 is 1.50 bits per heavy atom. The van der Waals surface area contributed by atoms with E-state index >= 15 is 0 Å². The molecule has 0 radical (unpaired) electrons. The fraction of sp³-hybridized carbons (Fsp3) is 0.273. The Morgan fingerprint density at radius 3 is 2.62 bits per heavy atom. The van der Waals surface area contributed by atoms with Crippen molar-refractivity contribution < 1.29 is 19.4 Å². The number of hydrogen-bond acceptors (Lipinski definition) is 3. The Bertz CT molecular complexity index is 405. The Hall–Kier alpha value is -2.04. The highest BCUT2D eigenvalue weighted by molar-refractivity contribution is 5.83. The van der Waals surface area contributed by atoms with Crippen molar-refractivity contribution in [1.29, 1.82) is 0 Å². The monoisotopic (exact) mass is 223 g/mol. The summed E-state index contributed by atoms with van der Waals surface area (Å²) in [5.41, 5.74) is -1.09. The summed E-state index contributed by atoms with van der Waals surface area (Å²) >= 11 is 0. The van der Waals surface area contributed by atoms with Crippen molar-refractivity contribution in [2.75, 3.05) is 7.11 Å². The van der Waals surface area contributed by atoms with Crippen LogP contribution in [0.25, 0.3) is 0 Å². The van der Waals surface area contributed by atoms with E-state index in [1.807, 2.05) is 0 Å². The van der Waals surface area contributed by atoms with E-state index in [2.05, 4.69) is 5.32 Å². The maximum atomic E-state index is 11.2. The van der Waals surface area contributed by atoms with Gasteiger partial charge >= 0.3 is 5.97 Å². The maximum Gasteiger partial charge on any atom is 0.333 e. The lowest BCUT2D eigenvalue weighted by atomic mass is 9.91. The smallest absolute Gasteiger partial charge is 0.333 e. The van der Waals surface area contributed by atoms with Gasteiger partial charge in [-0.25, -0.2) is 4.79 Å². The summed E-state index contributed by atoms with van der Waals surface area (Å²) in [5.74, 6) is -0.731. The highest BCUT2D eigenvalue weighted by Crippen LogP contribution is 2.29. The van der Waals surface area contributed by atoms with Crippen LogP contribution in [-0.2, 0) is 15.1 Å². The van der Waals surface area contributed by atoms with E-state index in [4.69, 9.17) is 9.84 Å². The predicted molar refractivity (Wildman–Crippen MR) is 57.2 cm³/mol. The van der Waals surface area contributed by atoms with Gasteiger partial charge in [0.1, 0.15) is 5.75 Å². The molecule has 1 rings (SSSR count). The first kappa shape index (κ1) is 12.0. The van der Waals surface area contributed by atoms with Crippen LogP contribution in [0.2, 0.25) is 0 Å².